The summed E-state index contributed by atoms with van der Waals surface area (Å²) in [5, 5.41) is 0. The molecule has 1 saturated heterocycles. The van der Waals surface area contributed by atoms with E-state index < -0.39 is 11.9 Å². The van der Waals surface area contributed by atoms with E-state index in [9.17, 15) is 18.0 Å². The Morgan fingerprint density at radius 2 is 2.04 bits per heavy atom. The number of carbonyl (C=O) groups is 1. The second-order valence-corrected chi connectivity index (χ2v) is 5.64. The summed E-state index contributed by atoms with van der Waals surface area (Å²) >= 11 is 0. The molecule has 1 aliphatic rings. The minimum absolute atomic E-state index is 0.0998. The monoisotopic (exact) mass is 340 g/mol. The van der Waals surface area contributed by atoms with Crippen molar-refractivity contribution in [3.8, 4) is 5.88 Å². The van der Waals surface area contributed by atoms with Gasteiger partial charge in [-0.2, -0.15) is 13.2 Å². The van der Waals surface area contributed by atoms with Crippen LogP contribution in [0, 0.1) is 13.8 Å². The highest BCUT2D eigenvalue weighted by Gasteiger charge is 2.36. The predicted molar refractivity (Wildman–Crippen MR) is 77.7 cm³/mol. The number of amides is 1. The van der Waals surface area contributed by atoms with E-state index in [0.717, 1.165) is 6.07 Å². The van der Waals surface area contributed by atoms with Crippen LogP contribution in [0.4, 0.5) is 13.2 Å². The molecule has 0 unspecified atom stereocenters. The van der Waals surface area contributed by atoms with Gasteiger partial charge in [0, 0.05) is 6.07 Å². The summed E-state index contributed by atoms with van der Waals surface area (Å²) in [4.78, 5) is 17.3. The van der Waals surface area contributed by atoms with Gasteiger partial charge in [-0.1, -0.05) is 6.07 Å². The summed E-state index contributed by atoms with van der Waals surface area (Å²) in [6.07, 6.45) is -4.89. The number of halogens is 3. The first-order chi connectivity index (χ1) is 11.2. The number of hydrogen-bond acceptors (Lipinski definition) is 4. The maximum atomic E-state index is 12.6. The SMILES string of the molecule is Cc1cc(C(=O)N2CC(Oc3cccc(C(F)(F)F)n3)C2)c(C)o1. The van der Waals surface area contributed by atoms with E-state index in [-0.39, 0.29) is 17.9 Å². The first-order valence-corrected chi connectivity index (χ1v) is 7.31. The van der Waals surface area contributed by atoms with Gasteiger partial charge in [0.1, 0.15) is 23.3 Å². The second kappa shape index (κ2) is 5.85. The molecule has 0 atom stereocenters. The minimum Gasteiger partial charge on any atom is -0.471 e. The van der Waals surface area contributed by atoms with E-state index in [1.54, 1.807) is 24.8 Å². The van der Waals surface area contributed by atoms with Gasteiger partial charge >= 0.3 is 6.18 Å². The molecule has 0 aromatic carbocycles. The van der Waals surface area contributed by atoms with Crippen LogP contribution >= 0.6 is 0 Å². The fourth-order valence-electron chi connectivity index (χ4n) is 2.50. The molecule has 1 amide bonds. The molecule has 2 aromatic heterocycles. The van der Waals surface area contributed by atoms with Gasteiger partial charge < -0.3 is 14.1 Å². The van der Waals surface area contributed by atoms with Crippen LogP contribution in [0.3, 0.4) is 0 Å². The van der Waals surface area contributed by atoms with Crippen LogP contribution in [0.25, 0.3) is 0 Å². The number of ether oxygens (including phenoxy) is 1. The molecule has 3 heterocycles. The van der Waals surface area contributed by atoms with Crippen molar-refractivity contribution in [2.24, 2.45) is 0 Å². The highest BCUT2D eigenvalue weighted by Crippen LogP contribution is 2.29. The van der Waals surface area contributed by atoms with Gasteiger partial charge in [0.2, 0.25) is 5.88 Å². The molecule has 1 fully saturated rings. The lowest BCUT2D eigenvalue weighted by atomic mass is 10.1. The molecular weight excluding hydrogens is 325 g/mol. The fraction of sp³-hybridized carbons (Fsp3) is 0.375. The maximum absolute atomic E-state index is 12.6. The topological polar surface area (TPSA) is 55.6 Å². The second-order valence-electron chi connectivity index (χ2n) is 5.64. The Morgan fingerprint density at radius 1 is 1.33 bits per heavy atom. The first-order valence-electron chi connectivity index (χ1n) is 7.31. The van der Waals surface area contributed by atoms with Crippen molar-refractivity contribution in [1.82, 2.24) is 9.88 Å². The fourth-order valence-corrected chi connectivity index (χ4v) is 2.50. The van der Waals surface area contributed by atoms with Gasteiger partial charge in [-0.3, -0.25) is 4.79 Å². The van der Waals surface area contributed by atoms with Crippen molar-refractivity contribution in [3.63, 3.8) is 0 Å². The van der Waals surface area contributed by atoms with Crippen molar-refractivity contribution < 1.29 is 27.1 Å². The Bertz CT molecular complexity index is 764. The summed E-state index contributed by atoms with van der Waals surface area (Å²) in [7, 11) is 0. The van der Waals surface area contributed by atoms with Crippen LogP contribution < -0.4 is 4.74 Å². The Balaban J connectivity index is 1.60. The normalized spacial score (nSPS) is 15.3. The lowest BCUT2D eigenvalue weighted by Gasteiger charge is -2.38. The van der Waals surface area contributed by atoms with Gasteiger partial charge in [0.15, 0.2) is 0 Å². The summed E-state index contributed by atoms with van der Waals surface area (Å²) in [5.74, 6) is 0.914. The van der Waals surface area contributed by atoms with Crippen LogP contribution in [0.15, 0.2) is 28.7 Å². The van der Waals surface area contributed by atoms with Crippen molar-refractivity contribution in [2.75, 3.05) is 13.1 Å². The Hall–Kier alpha value is -2.51. The maximum Gasteiger partial charge on any atom is 0.433 e. The molecule has 3 rings (SSSR count). The van der Waals surface area contributed by atoms with Crippen molar-refractivity contribution in [1.29, 1.82) is 0 Å². The summed E-state index contributed by atoms with van der Waals surface area (Å²) in [6, 6.07) is 5.15. The molecule has 0 aliphatic carbocycles. The van der Waals surface area contributed by atoms with Crippen LogP contribution in [-0.2, 0) is 6.18 Å². The molecule has 5 nitrogen and oxygen atoms in total. The van der Waals surface area contributed by atoms with Gasteiger partial charge in [0.25, 0.3) is 5.91 Å². The Kier molecular flexibility index (Phi) is 3.98. The number of carbonyl (C=O) groups excluding carboxylic acids is 1. The highest BCUT2D eigenvalue weighted by atomic mass is 19.4. The van der Waals surface area contributed by atoms with Gasteiger partial charge in [-0.25, -0.2) is 4.98 Å². The number of aryl methyl sites for hydroxylation is 2. The third kappa shape index (κ3) is 3.22. The number of nitrogens with zero attached hydrogens (tertiary/aromatic N) is 2. The number of alkyl halides is 3. The zero-order valence-corrected chi connectivity index (χ0v) is 13.1. The summed E-state index contributed by atoms with van der Waals surface area (Å²) in [6.45, 7) is 4.05. The largest absolute Gasteiger partial charge is 0.471 e. The molecule has 8 heteroatoms. The number of furan rings is 1. The third-order valence-electron chi connectivity index (χ3n) is 3.71. The number of hydrogen-bond donors (Lipinski definition) is 0. The van der Waals surface area contributed by atoms with Crippen LogP contribution in [0.5, 0.6) is 5.88 Å². The number of likely N-dealkylation sites (tertiary alicyclic amines) is 1. The smallest absolute Gasteiger partial charge is 0.433 e. The first kappa shape index (κ1) is 16.4. The van der Waals surface area contributed by atoms with Crippen molar-refractivity contribution in [3.05, 3.63) is 47.0 Å². The molecule has 0 bridgehead atoms. The van der Waals surface area contributed by atoms with E-state index in [1.807, 2.05) is 0 Å². The van der Waals surface area contributed by atoms with Gasteiger partial charge in [-0.15, -0.1) is 0 Å². The van der Waals surface area contributed by atoms with E-state index in [2.05, 4.69) is 4.98 Å². The molecule has 1 aliphatic heterocycles. The molecular formula is C16H15F3N2O3. The lowest BCUT2D eigenvalue weighted by Crippen LogP contribution is -2.56. The molecule has 0 saturated carbocycles. The number of aromatic nitrogens is 1. The standard InChI is InChI=1S/C16H15F3N2O3/c1-9-6-12(10(2)23-9)15(22)21-7-11(8-21)24-14-5-3-4-13(20-14)16(17,18)19/h3-6,11H,7-8H2,1-2H3. The van der Waals surface area contributed by atoms with Crippen molar-refractivity contribution in [2.45, 2.75) is 26.1 Å². The summed E-state index contributed by atoms with van der Waals surface area (Å²) in [5.41, 5.74) is -0.514. The molecule has 0 N–H and O–H groups in total. The van der Waals surface area contributed by atoms with Crippen molar-refractivity contribution >= 4 is 5.91 Å². The van der Waals surface area contributed by atoms with Crippen LogP contribution in [-0.4, -0.2) is 35.0 Å². The summed E-state index contributed by atoms with van der Waals surface area (Å²) < 4.78 is 48.6. The van der Waals surface area contributed by atoms with E-state index >= 15 is 0 Å². The average Bonchev–Trinajstić information content (AvgIpc) is 2.80. The zero-order valence-electron chi connectivity index (χ0n) is 13.1. The van der Waals surface area contributed by atoms with Crippen LogP contribution in [0.1, 0.15) is 27.6 Å². The van der Waals surface area contributed by atoms with Gasteiger partial charge in [0.05, 0.1) is 18.7 Å². The molecule has 128 valence electrons. The Labute approximate surface area is 136 Å². The zero-order chi connectivity index (χ0) is 17.5. The molecule has 24 heavy (non-hydrogen) atoms. The van der Waals surface area contributed by atoms with E-state index in [1.165, 1.54) is 12.1 Å². The molecule has 0 spiro atoms. The third-order valence-corrected chi connectivity index (χ3v) is 3.71. The van der Waals surface area contributed by atoms with Gasteiger partial charge in [-0.05, 0) is 26.0 Å². The highest BCUT2D eigenvalue weighted by molar-refractivity contribution is 5.95. The van der Waals surface area contributed by atoms with E-state index in [0.29, 0.717) is 30.2 Å². The predicted octanol–water partition coefficient (Wildman–Crippen LogP) is 3.21. The molecule has 0 radical (unpaired) electrons. The average molecular weight is 340 g/mol. The minimum atomic E-state index is -4.52. The molecule has 2 aromatic rings. The number of pyridine rings is 1. The number of rotatable bonds is 3. The van der Waals surface area contributed by atoms with Crippen LogP contribution in [0.2, 0.25) is 0 Å². The van der Waals surface area contributed by atoms with E-state index in [4.69, 9.17) is 9.15 Å². The quantitative estimate of drug-likeness (QED) is 0.861. The Morgan fingerprint density at radius 3 is 2.62 bits per heavy atom. The lowest BCUT2D eigenvalue weighted by molar-refractivity contribution is -0.141.